The van der Waals surface area contributed by atoms with E-state index >= 15 is 0 Å². The molecule has 0 aliphatic heterocycles. The number of halogens is 2. The molecule has 0 fully saturated rings. The maximum atomic E-state index is 13.8. The lowest BCUT2D eigenvalue weighted by atomic mass is 10.0. The van der Waals surface area contributed by atoms with Crippen LogP contribution in [-0.2, 0) is 19.7 Å². The van der Waals surface area contributed by atoms with Gasteiger partial charge in [0.25, 0.3) is 0 Å². The van der Waals surface area contributed by atoms with Crippen LogP contribution < -0.4 is 18.9 Å². The van der Waals surface area contributed by atoms with Crippen molar-refractivity contribution in [2.45, 2.75) is 19.6 Å². The molecule has 0 amide bonds. The van der Waals surface area contributed by atoms with Gasteiger partial charge in [0.05, 0.1) is 25.1 Å². The van der Waals surface area contributed by atoms with Gasteiger partial charge in [-0.1, -0.05) is 135 Å². The summed E-state index contributed by atoms with van der Waals surface area (Å²) in [6, 6.07) is 71.3. The molecule has 0 spiro atoms. The van der Waals surface area contributed by atoms with Crippen LogP contribution in [0.2, 0.25) is 0 Å². The highest BCUT2D eigenvalue weighted by Gasteiger charge is 2.22. The molecule has 0 aliphatic carbocycles. The Labute approximate surface area is 434 Å². The van der Waals surface area contributed by atoms with E-state index < -0.39 is 19.7 Å². The summed E-state index contributed by atoms with van der Waals surface area (Å²) < 4.78 is 82.5. The van der Waals surface area contributed by atoms with E-state index in [2.05, 4.69) is 31.9 Å². The van der Waals surface area contributed by atoms with Crippen molar-refractivity contribution in [1.29, 1.82) is 0 Å². The maximum Gasteiger partial charge on any atom is 0.206 e. The van der Waals surface area contributed by atoms with Crippen molar-refractivity contribution in [2.75, 3.05) is 0 Å². The predicted octanol–water partition coefficient (Wildman–Crippen LogP) is 17.0. The van der Waals surface area contributed by atoms with Crippen LogP contribution in [0.5, 0.6) is 46.0 Å². The Bertz CT molecular complexity index is 3750. The van der Waals surface area contributed by atoms with Crippen molar-refractivity contribution in [3.8, 4) is 79.4 Å². The average Bonchev–Trinajstić information content (AvgIpc) is 3.41. The number of hydrogen-bond donors (Lipinski definition) is 0. The van der Waals surface area contributed by atoms with Gasteiger partial charge >= 0.3 is 0 Å². The first-order valence-corrected chi connectivity index (χ1v) is 27.0. The second-order valence-corrected chi connectivity index (χ2v) is 22.0. The molecular weight excluding hydrogens is 1070 g/mol. The fourth-order valence-corrected chi connectivity index (χ4v) is 11.5. The van der Waals surface area contributed by atoms with Gasteiger partial charge in [-0.05, 0) is 156 Å². The number of rotatable bonds is 15. The van der Waals surface area contributed by atoms with Gasteiger partial charge in [-0.3, -0.25) is 0 Å². The van der Waals surface area contributed by atoms with Crippen molar-refractivity contribution < 1.29 is 35.8 Å². The van der Waals surface area contributed by atoms with Gasteiger partial charge in [-0.15, -0.1) is 0 Å². The van der Waals surface area contributed by atoms with Gasteiger partial charge < -0.3 is 18.9 Å². The predicted molar refractivity (Wildman–Crippen MR) is 288 cm³/mol. The largest absolute Gasteiger partial charge is 0.457 e. The van der Waals surface area contributed by atoms with E-state index in [4.69, 9.17) is 18.9 Å². The quantitative estimate of drug-likeness (QED) is 0.1000. The summed E-state index contributed by atoms with van der Waals surface area (Å²) in [6.07, 6.45) is 0. The van der Waals surface area contributed by atoms with Gasteiger partial charge in [-0.25, -0.2) is 16.8 Å². The lowest BCUT2D eigenvalue weighted by Crippen LogP contribution is -2.02. The standard InChI is InChI=1S/C60H40Br2O8S2/c61-44-22-39-55(53(40-44)41-12-4-1-5-13-41)67-45-23-31-49(32-24-45)71(63,64)51-35-27-47(28-36-51)69-57-20-11-21-58(60(57)43-16-8-3-9-17-43)70-48-29-37-52(38-30-48)72(65,66)50-33-25-46(26-34-50)68-56-19-10-18-54(62)59(56)42-14-6-2-7-15-42/h1-40H. The fourth-order valence-electron chi connectivity index (χ4n) is 8.01. The molecule has 10 aromatic carbocycles. The Hall–Kier alpha value is -7.74. The van der Waals surface area contributed by atoms with Crippen LogP contribution in [0.25, 0.3) is 33.4 Å². The topological polar surface area (TPSA) is 105 Å². The zero-order valence-corrected chi connectivity index (χ0v) is 42.7. The Morgan fingerprint density at radius 3 is 1.03 bits per heavy atom. The molecule has 12 heteroatoms. The summed E-state index contributed by atoms with van der Waals surface area (Å²) >= 11 is 7.20. The molecule has 0 atom stereocenters. The smallest absolute Gasteiger partial charge is 0.206 e. The number of benzene rings is 10. The summed E-state index contributed by atoms with van der Waals surface area (Å²) in [6.45, 7) is 0. The van der Waals surface area contributed by atoms with Crippen LogP contribution in [0.15, 0.2) is 271 Å². The van der Waals surface area contributed by atoms with Crippen molar-refractivity contribution >= 4 is 51.5 Å². The van der Waals surface area contributed by atoms with Crippen molar-refractivity contribution in [2.24, 2.45) is 0 Å². The first-order valence-electron chi connectivity index (χ1n) is 22.5. The Morgan fingerprint density at radius 1 is 0.292 bits per heavy atom. The van der Waals surface area contributed by atoms with Crippen LogP contribution in [0, 0.1) is 0 Å². The average molecular weight is 1110 g/mol. The number of sulfone groups is 2. The highest BCUT2D eigenvalue weighted by Crippen LogP contribution is 2.44. The maximum absolute atomic E-state index is 13.8. The molecule has 354 valence electrons. The zero-order valence-electron chi connectivity index (χ0n) is 37.9. The van der Waals surface area contributed by atoms with Gasteiger partial charge in [0, 0.05) is 20.1 Å². The van der Waals surface area contributed by atoms with Crippen LogP contribution in [0.3, 0.4) is 0 Å². The summed E-state index contributed by atoms with van der Waals surface area (Å²) in [7, 11) is -7.80. The van der Waals surface area contributed by atoms with E-state index in [-0.39, 0.29) is 19.6 Å². The highest BCUT2D eigenvalue weighted by molar-refractivity contribution is 9.10. The van der Waals surface area contributed by atoms with Crippen LogP contribution in [-0.4, -0.2) is 16.8 Å². The third kappa shape index (κ3) is 10.5. The molecule has 72 heavy (non-hydrogen) atoms. The van der Waals surface area contributed by atoms with E-state index in [1.165, 1.54) is 48.5 Å². The van der Waals surface area contributed by atoms with Gasteiger partial charge in [0.15, 0.2) is 0 Å². The monoisotopic (exact) mass is 1110 g/mol. The molecule has 0 heterocycles. The van der Waals surface area contributed by atoms with E-state index in [1.807, 2.05) is 127 Å². The third-order valence-corrected chi connectivity index (χ3v) is 16.3. The summed E-state index contributed by atoms with van der Waals surface area (Å²) in [4.78, 5) is 0.402. The van der Waals surface area contributed by atoms with Crippen LogP contribution in [0.4, 0.5) is 0 Å². The number of hydrogen-bond acceptors (Lipinski definition) is 8. The minimum atomic E-state index is -3.90. The lowest BCUT2D eigenvalue weighted by molar-refractivity contribution is 0.463. The number of ether oxygens (including phenoxy) is 4. The van der Waals surface area contributed by atoms with Gasteiger partial charge in [0.1, 0.15) is 46.0 Å². The molecule has 8 nitrogen and oxygen atoms in total. The molecule has 10 aromatic rings. The Balaban J connectivity index is 0.835. The zero-order chi connectivity index (χ0) is 49.7. The second-order valence-electron chi connectivity index (χ2n) is 16.3. The minimum Gasteiger partial charge on any atom is -0.457 e. The molecule has 10 rings (SSSR count). The fraction of sp³-hybridized carbons (Fsp3) is 0. The molecule has 0 saturated heterocycles. The third-order valence-electron chi connectivity index (χ3n) is 11.6. The summed E-state index contributed by atoms with van der Waals surface area (Å²) in [5.74, 6) is 3.93. The molecule has 0 bridgehead atoms. The highest BCUT2D eigenvalue weighted by atomic mass is 79.9. The molecule has 0 unspecified atom stereocenters. The first kappa shape index (κ1) is 47.9. The van der Waals surface area contributed by atoms with E-state index in [0.29, 0.717) is 51.6 Å². The van der Waals surface area contributed by atoms with Crippen LogP contribution >= 0.6 is 31.9 Å². The van der Waals surface area contributed by atoms with E-state index in [9.17, 15) is 16.8 Å². The van der Waals surface area contributed by atoms with E-state index in [1.54, 1.807) is 66.7 Å². The molecular formula is C60H40Br2O8S2. The van der Waals surface area contributed by atoms with Crippen LogP contribution in [0.1, 0.15) is 0 Å². The summed E-state index contributed by atoms with van der Waals surface area (Å²) in [5, 5.41) is 0. The molecule has 0 aliphatic rings. The second kappa shape index (κ2) is 20.9. The van der Waals surface area contributed by atoms with Crippen molar-refractivity contribution in [1.82, 2.24) is 0 Å². The Morgan fingerprint density at radius 2 is 0.625 bits per heavy atom. The minimum absolute atomic E-state index is 0.0908. The van der Waals surface area contributed by atoms with Crippen molar-refractivity contribution in [3.05, 3.63) is 252 Å². The Kier molecular flexibility index (Phi) is 13.9. The molecule has 0 N–H and O–H groups in total. The molecule has 0 radical (unpaired) electrons. The molecule has 0 saturated carbocycles. The SMILES string of the molecule is O=S(=O)(c1ccc(Oc2ccc(Br)cc2-c2ccccc2)cc1)c1ccc(Oc2cccc(Oc3ccc(S(=O)(=O)c4ccc(Oc5cccc(Br)c5-c5ccccc5)cc4)cc3)c2-c2ccccc2)cc1. The first-order chi connectivity index (χ1) is 35.0. The lowest BCUT2D eigenvalue weighted by Gasteiger charge is -2.17. The molecule has 0 aromatic heterocycles. The van der Waals surface area contributed by atoms with E-state index in [0.717, 1.165) is 36.8 Å². The van der Waals surface area contributed by atoms with Crippen molar-refractivity contribution in [3.63, 3.8) is 0 Å². The normalized spacial score (nSPS) is 11.4. The summed E-state index contributed by atoms with van der Waals surface area (Å²) in [5.41, 5.74) is 5.17. The van der Waals surface area contributed by atoms with Gasteiger partial charge in [0.2, 0.25) is 19.7 Å². The van der Waals surface area contributed by atoms with Gasteiger partial charge in [-0.2, -0.15) is 0 Å².